The molecule has 3 heterocycles. The minimum absolute atomic E-state index is 0.231. The molecule has 5 aromatic rings. The average Bonchev–Trinajstić information content (AvgIpc) is 3.29. The van der Waals surface area contributed by atoms with E-state index in [1.54, 1.807) is 4.68 Å². The molecule has 0 fully saturated rings. The van der Waals surface area contributed by atoms with Crippen LogP contribution in [0.3, 0.4) is 0 Å². The average molecular weight is 410 g/mol. The summed E-state index contributed by atoms with van der Waals surface area (Å²) >= 11 is 0. The normalized spacial score (nSPS) is 11.3. The predicted octanol–water partition coefficient (Wildman–Crippen LogP) is 4.57. The van der Waals surface area contributed by atoms with Crippen molar-refractivity contribution in [2.24, 2.45) is 7.05 Å². The molecule has 31 heavy (non-hydrogen) atoms. The number of aryl methyl sites for hydroxylation is 3. The molecule has 7 heteroatoms. The van der Waals surface area contributed by atoms with Crippen molar-refractivity contribution < 1.29 is 4.79 Å². The molecule has 0 bridgehead atoms. The molecule has 0 saturated heterocycles. The van der Waals surface area contributed by atoms with Gasteiger partial charge in [0, 0.05) is 19.2 Å². The van der Waals surface area contributed by atoms with Crippen LogP contribution in [0, 0.1) is 6.92 Å². The van der Waals surface area contributed by atoms with Crippen LogP contribution in [0.25, 0.3) is 33.3 Å². The van der Waals surface area contributed by atoms with Gasteiger partial charge in [-0.05, 0) is 32.0 Å². The Morgan fingerprint density at radius 1 is 1.03 bits per heavy atom. The molecule has 0 atom stereocenters. The van der Waals surface area contributed by atoms with Gasteiger partial charge in [-0.25, -0.2) is 9.97 Å². The van der Waals surface area contributed by atoms with E-state index in [0.29, 0.717) is 23.7 Å². The SMILES string of the molecule is CCn1c(NC(=O)c2cc(-c3ccccc3)nc3c2c(C)nn3C)nc2ccccc21. The highest BCUT2D eigenvalue weighted by atomic mass is 16.1. The minimum atomic E-state index is -0.231. The fraction of sp³-hybridized carbons (Fsp3) is 0.167. The summed E-state index contributed by atoms with van der Waals surface area (Å²) in [5.41, 5.74) is 5.48. The lowest BCUT2D eigenvalue weighted by Gasteiger charge is -2.10. The quantitative estimate of drug-likeness (QED) is 0.471. The highest BCUT2D eigenvalue weighted by molar-refractivity contribution is 6.13. The van der Waals surface area contributed by atoms with Crippen LogP contribution in [0.5, 0.6) is 0 Å². The zero-order valence-electron chi connectivity index (χ0n) is 17.6. The number of pyridine rings is 1. The van der Waals surface area contributed by atoms with Crippen LogP contribution in [0.2, 0.25) is 0 Å². The Bertz CT molecular complexity index is 1430. The summed E-state index contributed by atoms with van der Waals surface area (Å²) in [5, 5.41) is 8.27. The number of carbonyl (C=O) groups is 1. The van der Waals surface area contributed by atoms with E-state index in [2.05, 4.69) is 15.4 Å². The third-order valence-electron chi connectivity index (χ3n) is 5.48. The maximum Gasteiger partial charge on any atom is 0.258 e. The summed E-state index contributed by atoms with van der Waals surface area (Å²) in [5.74, 6) is 0.298. The van der Waals surface area contributed by atoms with Crippen molar-refractivity contribution in [1.29, 1.82) is 0 Å². The highest BCUT2D eigenvalue weighted by Gasteiger charge is 2.21. The summed E-state index contributed by atoms with van der Waals surface area (Å²) in [6, 6.07) is 19.5. The van der Waals surface area contributed by atoms with E-state index in [1.807, 2.05) is 86.1 Å². The number of anilines is 1. The first-order valence-corrected chi connectivity index (χ1v) is 10.2. The molecule has 1 amide bonds. The molecule has 0 saturated carbocycles. The van der Waals surface area contributed by atoms with E-state index < -0.39 is 0 Å². The Kier molecular flexibility index (Phi) is 4.51. The number of aromatic nitrogens is 5. The monoisotopic (exact) mass is 410 g/mol. The van der Waals surface area contributed by atoms with E-state index in [-0.39, 0.29) is 5.91 Å². The van der Waals surface area contributed by atoms with Crippen molar-refractivity contribution >= 4 is 33.9 Å². The molecule has 7 nitrogen and oxygen atoms in total. The first-order valence-electron chi connectivity index (χ1n) is 10.2. The third kappa shape index (κ3) is 3.15. The van der Waals surface area contributed by atoms with Crippen LogP contribution in [-0.4, -0.2) is 30.2 Å². The molecule has 5 rings (SSSR count). The van der Waals surface area contributed by atoms with Crippen molar-refractivity contribution in [3.63, 3.8) is 0 Å². The second-order valence-electron chi connectivity index (χ2n) is 7.45. The summed E-state index contributed by atoms with van der Waals surface area (Å²) in [6.07, 6.45) is 0. The number of nitrogens with zero attached hydrogens (tertiary/aromatic N) is 5. The maximum atomic E-state index is 13.5. The summed E-state index contributed by atoms with van der Waals surface area (Å²) in [4.78, 5) is 22.9. The van der Waals surface area contributed by atoms with E-state index in [1.165, 1.54) is 0 Å². The van der Waals surface area contributed by atoms with Crippen molar-refractivity contribution in [2.75, 3.05) is 5.32 Å². The number of hydrogen-bond donors (Lipinski definition) is 1. The third-order valence-corrected chi connectivity index (χ3v) is 5.48. The Morgan fingerprint density at radius 3 is 2.55 bits per heavy atom. The first kappa shape index (κ1) is 19.0. The standard InChI is InChI=1S/C24H22N6O/c1-4-30-20-13-9-8-12-18(20)26-24(30)27-23(31)17-14-19(16-10-6-5-7-11-16)25-22-21(17)15(2)28-29(22)3/h5-14H,4H2,1-3H3,(H,26,27,31). The van der Waals surface area contributed by atoms with Gasteiger partial charge in [-0.1, -0.05) is 42.5 Å². The van der Waals surface area contributed by atoms with Crippen LogP contribution < -0.4 is 5.32 Å². The number of para-hydroxylation sites is 2. The van der Waals surface area contributed by atoms with Crippen LogP contribution in [0.1, 0.15) is 23.0 Å². The van der Waals surface area contributed by atoms with Gasteiger partial charge in [0.15, 0.2) is 5.65 Å². The smallest absolute Gasteiger partial charge is 0.258 e. The van der Waals surface area contributed by atoms with Gasteiger partial charge in [0.2, 0.25) is 5.95 Å². The number of imidazole rings is 1. The van der Waals surface area contributed by atoms with Crippen LogP contribution in [0.4, 0.5) is 5.95 Å². The molecule has 0 aliphatic rings. The molecule has 0 spiro atoms. The van der Waals surface area contributed by atoms with Crippen molar-refractivity contribution in [3.8, 4) is 11.3 Å². The van der Waals surface area contributed by atoms with Gasteiger partial charge in [-0.15, -0.1) is 0 Å². The predicted molar refractivity (Wildman–Crippen MR) is 122 cm³/mol. The molecule has 2 aromatic carbocycles. The molecule has 0 aliphatic carbocycles. The van der Waals surface area contributed by atoms with Gasteiger partial charge >= 0.3 is 0 Å². The first-order chi connectivity index (χ1) is 15.1. The number of nitrogens with one attached hydrogen (secondary N) is 1. The lowest BCUT2D eigenvalue weighted by Crippen LogP contribution is -2.16. The summed E-state index contributed by atoms with van der Waals surface area (Å²) < 4.78 is 3.72. The molecular weight excluding hydrogens is 388 g/mol. The second-order valence-corrected chi connectivity index (χ2v) is 7.45. The zero-order chi connectivity index (χ0) is 21.5. The molecule has 0 radical (unpaired) electrons. The van der Waals surface area contributed by atoms with Gasteiger partial charge in [0.05, 0.1) is 33.4 Å². The van der Waals surface area contributed by atoms with Crippen LogP contribution in [0.15, 0.2) is 60.7 Å². The van der Waals surface area contributed by atoms with Gasteiger partial charge in [-0.2, -0.15) is 5.10 Å². The largest absolute Gasteiger partial charge is 0.310 e. The van der Waals surface area contributed by atoms with Crippen molar-refractivity contribution in [2.45, 2.75) is 20.4 Å². The van der Waals surface area contributed by atoms with Gasteiger partial charge in [-0.3, -0.25) is 14.8 Å². The molecule has 3 aromatic heterocycles. The summed E-state index contributed by atoms with van der Waals surface area (Å²) in [6.45, 7) is 4.63. The zero-order valence-corrected chi connectivity index (χ0v) is 17.6. The van der Waals surface area contributed by atoms with E-state index in [0.717, 1.165) is 33.4 Å². The van der Waals surface area contributed by atoms with Crippen LogP contribution >= 0.6 is 0 Å². The number of benzene rings is 2. The van der Waals surface area contributed by atoms with E-state index in [9.17, 15) is 4.79 Å². The lowest BCUT2D eigenvalue weighted by atomic mass is 10.1. The van der Waals surface area contributed by atoms with Gasteiger partial charge in [0.25, 0.3) is 5.91 Å². The lowest BCUT2D eigenvalue weighted by molar-refractivity contribution is 0.102. The number of hydrogen-bond acceptors (Lipinski definition) is 4. The number of rotatable bonds is 4. The molecular formula is C24H22N6O. The fourth-order valence-electron chi connectivity index (χ4n) is 4.04. The molecule has 154 valence electrons. The van der Waals surface area contributed by atoms with Gasteiger partial charge < -0.3 is 4.57 Å². The number of carbonyl (C=O) groups excluding carboxylic acids is 1. The van der Waals surface area contributed by atoms with Crippen molar-refractivity contribution in [1.82, 2.24) is 24.3 Å². The fourth-order valence-corrected chi connectivity index (χ4v) is 4.04. The molecule has 0 aliphatic heterocycles. The van der Waals surface area contributed by atoms with Crippen LogP contribution in [-0.2, 0) is 13.6 Å². The Morgan fingerprint density at radius 2 is 1.77 bits per heavy atom. The molecule has 0 unspecified atom stereocenters. The highest BCUT2D eigenvalue weighted by Crippen LogP contribution is 2.28. The van der Waals surface area contributed by atoms with E-state index in [4.69, 9.17) is 4.98 Å². The topological polar surface area (TPSA) is 77.6 Å². The van der Waals surface area contributed by atoms with Gasteiger partial charge in [0.1, 0.15) is 0 Å². The maximum absolute atomic E-state index is 13.5. The Labute approximate surface area is 179 Å². The van der Waals surface area contributed by atoms with Crippen molar-refractivity contribution in [3.05, 3.63) is 71.9 Å². The number of amides is 1. The Hall–Kier alpha value is -4.00. The molecule has 1 N–H and O–H groups in total. The van der Waals surface area contributed by atoms with E-state index >= 15 is 0 Å². The number of fused-ring (bicyclic) bond motifs is 2. The minimum Gasteiger partial charge on any atom is -0.310 e. The Balaban J connectivity index is 1.65. The second kappa shape index (κ2) is 7.36. The summed E-state index contributed by atoms with van der Waals surface area (Å²) in [7, 11) is 1.84.